The number of furan rings is 1. The van der Waals surface area contributed by atoms with Gasteiger partial charge >= 0.3 is 0 Å². The van der Waals surface area contributed by atoms with Crippen LogP contribution in [0.15, 0.2) is 37.8 Å². The van der Waals surface area contributed by atoms with Crippen molar-refractivity contribution in [3.05, 3.63) is 55.9 Å². The van der Waals surface area contributed by atoms with Crippen molar-refractivity contribution >= 4 is 31.9 Å². The van der Waals surface area contributed by atoms with E-state index in [-0.39, 0.29) is 0 Å². The molecule has 0 fully saturated rings. The van der Waals surface area contributed by atoms with Crippen molar-refractivity contribution in [1.29, 1.82) is 0 Å². The molecule has 1 atom stereocenters. The standard InChI is InChI=1S/C14H14Br2O2/c1-8-4-3-5-9(2)10(8)6-12(17)13-7-11(15)14(16)18-13/h3-5,7,12,17H,6H2,1-2H3. The molecule has 0 aliphatic heterocycles. The molecule has 18 heavy (non-hydrogen) atoms. The van der Waals surface area contributed by atoms with Gasteiger partial charge in [-0.15, -0.1) is 0 Å². The Kier molecular flexibility index (Phi) is 4.30. The molecular formula is C14H14Br2O2. The molecule has 2 rings (SSSR count). The molecule has 4 heteroatoms. The SMILES string of the molecule is Cc1cccc(C)c1CC(O)c1cc(Br)c(Br)o1. The third-order valence-electron chi connectivity index (χ3n) is 3.03. The van der Waals surface area contributed by atoms with E-state index >= 15 is 0 Å². The number of hydrogen-bond acceptors (Lipinski definition) is 2. The maximum absolute atomic E-state index is 10.2. The van der Waals surface area contributed by atoms with Crippen LogP contribution in [0.1, 0.15) is 28.6 Å². The second kappa shape index (κ2) is 5.59. The third kappa shape index (κ3) is 2.87. The van der Waals surface area contributed by atoms with Gasteiger partial charge in [0.15, 0.2) is 4.67 Å². The predicted octanol–water partition coefficient (Wildman–Crippen LogP) is 4.70. The van der Waals surface area contributed by atoms with E-state index in [9.17, 15) is 5.11 Å². The van der Waals surface area contributed by atoms with E-state index in [0.717, 1.165) is 4.47 Å². The Balaban J connectivity index is 2.23. The molecule has 1 N–H and O–H groups in total. The van der Waals surface area contributed by atoms with Crippen LogP contribution in [-0.2, 0) is 6.42 Å². The highest BCUT2D eigenvalue weighted by atomic mass is 79.9. The van der Waals surface area contributed by atoms with Gasteiger partial charge in [-0.05, 0) is 68.5 Å². The molecule has 1 heterocycles. The molecule has 0 aliphatic carbocycles. The van der Waals surface area contributed by atoms with Crippen LogP contribution < -0.4 is 0 Å². The van der Waals surface area contributed by atoms with Crippen molar-refractivity contribution in [2.24, 2.45) is 0 Å². The minimum absolute atomic E-state index is 0.560. The van der Waals surface area contributed by atoms with Gasteiger partial charge in [0.1, 0.15) is 11.9 Å². The molecule has 1 aromatic heterocycles. The quantitative estimate of drug-likeness (QED) is 0.845. The normalized spacial score (nSPS) is 12.7. The van der Waals surface area contributed by atoms with Crippen LogP contribution in [0.4, 0.5) is 0 Å². The van der Waals surface area contributed by atoms with E-state index in [1.807, 2.05) is 6.07 Å². The average Bonchev–Trinajstić information content (AvgIpc) is 2.64. The summed E-state index contributed by atoms with van der Waals surface area (Å²) in [5.74, 6) is 0.566. The van der Waals surface area contributed by atoms with E-state index in [2.05, 4.69) is 57.8 Å². The van der Waals surface area contributed by atoms with Crippen molar-refractivity contribution in [3.63, 3.8) is 0 Å². The molecule has 0 amide bonds. The number of halogens is 2. The van der Waals surface area contributed by atoms with E-state index < -0.39 is 6.10 Å². The molecule has 2 nitrogen and oxygen atoms in total. The second-order valence-corrected chi connectivity index (χ2v) is 5.94. The van der Waals surface area contributed by atoms with Crippen molar-refractivity contribution in [2.45, 2.75) is 26.4 Å². The summed E-state index contributed by atoms with van der Waals surface area (Å²) in [4.78, 5) is 0. The molecule has 96 valence electrons. The lowest BCUT2D eigenvalue weighted by molar-refractivity contribution is 0.148. The lowest BCUT2D eigenvalue weighted by Crippen LogP contribution is -2.03. The maximum atomic E-state index is 10.2. The Bertz CT molecular complexity index is 521. The van der Waals surface area contributed by atoms with Crippen molar-refractivity contribution in [2.75, 3.05) is 0 Å². The summed E-state index contributed by atoms with van der Waals surface area (Å²) in [5, 5.41) is 10.2. The lowest BCUT2D eigenvalue weighted by atomic mass is 9.97. The number of benzene rings is 1. The summed E-state index contributed by atoms with van der Waals surface area (Å²) >= 11 is 6.62. The van der Waals surface area contributed by atoms with Crippen molar-refractivity contribution < 1.29 is 9.52 Å². The monoisotopic (exact) mass is 372 g/mol. The molecule has 0 radical (unpaired) electrons. The number of hydrogen-bond donors (Lipinski definition) is 1. The number of rotatable bonds is 3. The van der Waals surface area contributed by atoms with Crippen LogP contribution in [-0.4, -0.2) is 5.11 Å². The highest BCUT2D eigenvalue weighted by Crippen LogP contribution is 2.31. The van der Waals surface area contributed by atoms with Crippen molar-refractivity contribution in [3.8, 4) is 0 Å². The fourth-order valence-electron chi connectivity index (χ4n) is 1.99. The molecule has 0 aliphatic rings. The highest BCUT2D eigenvalue weighted by molar-refractivity contribution is 9.13. The van der Waals surface area contributed by atoms with Gasteiger partial charge in [0, 0.05) is 6.42 Å². The predicted molar refractivity (Wildman–Crippen MR) is 78.7 cm³/mol. The molecule has 0 bridgehead atoms. The first kappa shape index (κ1) is 13.8. The smallest absolute Gasteiger partial charge is 0.183 e. The molecule has 0 saturated heterocycles. The molecule has 2 aromatic rings. The molecule has 0 spiro atoms. The van der Waals surface area contributed by atoms with Crippen molar-refractivity contribution in [1.82, 2.24) is 0 Å². The minimum atomic E-state index is -0.632. The average molecular weight is 374 g/mol. The van der Waals surface area contributed by atoms with Crippen LogP contribution in [0.3, 0.4) is 0 Å². The van der Waals surface area contributed by atoms with Gasteiger partial charge in [0.05, 0.1) is 4.47 Å². The van der Waals surface area contributed by atoms with Crippen LogP contribution in [0, 0.1) is 13.8 Å². The van der Waals surface area contributed by atoms with Gasteiger partial charge in [-0.3, -0.25) is 0 Å². The summed E-state index contributed by atoms with van der Waals surface area (Å²) in [6.07, 6.45) is -0.0716. The van der Waals surface area contributed by atoms with E-state index in [4.69, 9.17) is 4.42 Å². The molecular weight excluding hydrogens is 360 g/mol. The summed E-state index contributed by atoms with van der Waals surface area (Å²) in [5.41, 5.74) is 3.56. The van der Waals surface area contributed by atoms with E-state index in [1.54, 1.807) is 6.07 Å². The number of aliphatic hydroxyl groups excluding tert-OH is 1. The fourth-order valence-corrected chi connectivity index (χ4v) is 2.60. The van der Waals surface area contributed by atoms with Gasteiger partial charge in [0.25, 0.3) is 0 Å². The van der Waals surface area contributed by atoms with Gasteiger partial charge in [-0.1, -0.05) is 18.2 Å². The Labute approximate surface area is 123 Å². The highest BCUT2D eigenvalue weighted by Gasteiger charge is 2.17. The van der Waals surface area contributed by atoms with Crippen LogP contribution >= 0.6 is 31.9 Å². The Morgan fingerprint density at radius 3 is 2.33 bits per heavy atom. The molecule has 1 aromatic carbocycles. The zero-order valence-corrected chi connectivity index (χ0v) is 13.4. The lowest BCUT2D eigenvalue weighted by Gasteiger charge is -2.13. The summed E-state index contributed by atoms with van der Waals surface area (Å²) in [6, 6.07) is 7.94. The second-order valence-electron chi connectivity index (χ2n) is 4.36. The molecule has 0 saturated carbocycles. The van der Waals surface area contributed by atoms with Gasteiger partial charge < -0.3 is 9.52 Å². The number of aryl methyl sites for hydroxylation is 2. The van der Waals surface area contributed by atoms with Gasteiger partial charge in [0.2, 0.25) is 0 Å². The topological polar surface area (TPSA) is 33.4 Å². The first-order valence-electron chi connectivity index (χ1n) is 5.67. The summed E-state index contributed by atoms with van der Waals surface area (Å²) < 4.78 is 6.87. The van der Waals surface area contributed by atoms with Crippen LogP contribution in [0.2, 0.25) is 0 Å². The first-order valence-corrected chi connectivity index (χ1v) is 7.25. The summed E-state index contributed by atoms with van der Waals surface area (Å²) in [6.45, 7) is 4.12. The largest absolute Gasteiger partial charge is 0.450 e. The van der Waals surface area contributed by atoms with Crippen LogP contribution in [0.5, 0.6) is 0 Å². The first-order chi connectivity index (χ1) is 8.49. The van der Waals surface area contributed by atoms with Gasteiger partial charge in [-0.2, -0.15) is 0 Å². The Hall–Kier alpha value is -0.580. The third-order valence-corrected chi connectivity index (χ3v) is 4.74. The number of aliphatic hydroxyl groups is 1. The minimum Gasteiger partial charge on any atom is -0.450 e. The van der Waals surface area contributed by atoms with E-state index in [0.29, 0.717) is 16.9 Å². The Morgan fingerprint density at radius 2 is 1.83 bits per heavy atom. The van der Waals surface area contributed by atoms with E-state index in [1.165, 1.54) is 16.7 Å². The van der Waals surface area contributed by atoms with Crippen LogP contribution in [0.25, 0.3) is 0 Å². The van der Waals surface area contributed by atoms with Gasteiger partial charge in [-0.25, -0.2) is 0 Å². The zero-order valence-electron chi connectivity index (χ0n) is 10.2. The fraction of sp³-hybridized carbons (Fsp3) is 0.286. The zero-order chi connectivity index (χ0) is 13.3. The molecule has 1 unspecified atom stereocenters. The summed E-state index contributed by atoms with van der Waals surface area (Å²) in [7, 11) is 0. The maximum Gasteiger partial charge on any atom is 0.183 e. The Morgan fingerprint density at radius 1 is 1.22 bits per heavy atom.